The van der Waals surface area contributed by atoms with Crippen LogP contribution in [0.2, 0.25) is 0 Å². The third-order valence-electron chi connectivity index (χ3n) is 5.05. The SMILES string of the molecule is CCC(=O)NS(=O)(=O)c1ccc(-c2cnn3c(OC4CCNCC4)ccnc23)c(F)c1. The van der Waals surface area contributed by atoms with Gasteiger partial charge >= 0.3 is 0 Å². The van der Waals surface area contributed by atoms with Crippen LogP contribution in [-0.2, 0) is 14.8 Å². The normalized spacial score (nSPS) is 15.2. The molecule has 0 aliphatic carbocycles. The molecule has 1 aliphatic heterocycles. The highest BCUT2D eigenvalue weighted by Gasteiger charge is 2.22. The summed E-state index contributed by atoms with van der Waals surface area (Å²) < 4.78 is 48.8. The summed E-state index contributed by atoms with van der Waals surface area (Å²) in [6.07, 6.45) is 4.82. The lowest BCUT2D eigenvalue weighted by Gasteiger charge is -2.23. The molecule has 0 bridgehead atoms. The first-order valence-electron chi connectivity index (χ1n) is 9.94. The van der Waals surface area contributed by atoms with E-state index in [9.17, 15) is 17.6 Å². The molecule has 0 unspecified atom stereocenters. The summed E-state index contributed by atoms with van der Waals surface area (Å²) in [7, 11) is -4.15. The van der Waals surface area contributed by atoms with Crippen LogP contribution in [0.5, 0.6) is 5.88 Å². The molecular weight excluding hydrogens is 425 g/mol. The van der Waals surface area contributed by atoms with Crippen LogP contribution in [-0.4, -0.2) is 48.1 Å². The maximum absolute atomic E-state index is 14.9. The molecule has 4 rings (SSSR count). The van der Waals surface area contributed by atoms with Crippen molar-refractivity contribution in [2.24, 2.45) is 0 Å². The Bertz CT molecular complexity index is 1220. The fourth-order valence-corrected chi connectivity index (χ4v) is 4.46. The standard InChI is InChI=1S/C20H22FN5O4S/c1-2-18(27)25-31(28,29)14-3-4-15(17(21)11-14)16-12-24-26-19(7-10-23-20(16)26)30-13-5-8-22-9-6-13/h3-4,7,10-13,22H,2,5-6,8-9H2,1H3,(H,25,27). The number of carbonyl (C=O) groups is 1. The van der Waals surface area contributed by atoms with E-state index in [4.69, 9.17) is 4.74 Å². The third-order valence-corrected chi connectivity index (χ3v) is 6.42. The van der Waals surface area contributed by atoms with Crippen molar-refractivity contribution in [1.82, 2.24) is 24.6 Å². The number of sulfonamides is 1. The summed E-state index contributed by atoms with van der Waals surface area (Å²) in [5.41, 5.74) is 0.928. The van der Waals surface area contributed by atoms with E-state index in [0.717, 1.165) is 32.0 Å². The van der Waals surface area contributed by atoms with E-state index in [1.165, 1.54) is 29.8 Å². The first kappa shape index (κ1) is 21.2. The van der Waals surface area contributed by atoms with Crippen LogP contribution in [0.3, 0.4) is 0 Å². The number of hydrogen-bond acceptors (Lipinski definition) is 7. The Morgan fingerprint density at radius 3 is 2.77 bits per heavy atom. The van der Waals surface area contributed by atoms with Gasteiger partial charge in [0, 0.05) is 29.8 Å². The number of fused-ring (bicyclic) bond motifs is 1. The van der Waals surface area contributed by atoms with Crippen molar-refractivity contribution in [2.45, 2.75) is 37.2 Å². The Balaban J connectivity index is 1.66. The predicted octanol–water partition coefficient (Wildman–Crippen LogP) is 1.88. The summed E-state index contributed by atoms with van der Waals surface area (Å²) in [5.74, 6) is -0.934. The minimum absolute atomic E-state index is 0.00433. The molecule has 1 saturated heterocycles. The highest BCUT2D eigenvalue weighted by Crippen LogP contribution is 2.30. The molecule has 1 aromatic carbocycles. The number of ether oxygens (including phenoxy) is 1. The summed E-state index contributed by atoms with van der Waals surface area (Å²) in [6, 6.07) is 5.15. The summed E-state index contributed by atoms with van der Waals surface area (Å²) >= 11 is 0. The molecule has 3 heterocycles. The second kappa shape index (κ2) is 8.60. The molecule has 1 amide bonds. The van der Waals surface area contributed by atoms with E-state index in [1.54, 1.807) is 12.3 Å². The van der Waals surface area contributed by atoms with Gasteiger partial charge < -0.3 is 10.1 Å². The van der Waals surface area contributed by atoms with Crippen molar-refractivity contribution in [3.05, 3.63) is 42.5 Å². The zero-order chi connectivity index (χ0) is 22.0. The molecule has 2 aromatic heterocycles. The van der Waals surface area contributed by atoms with Crippen molar-refractivity contribution < 1.29 is 22.3 Å². The molecule has 31 heavy (non-hydrogen) atoms. The topological polar surface area (TPSA) is 115 Å². The van der Waals surface area contributed by atoms with Crippen molar-refractivity contribution in [2.75, 3.05) is 13.1 Å². The lowest BCUT2D eigenvalue weighted by Crippen LogP contribution is -2.34. The number of aromatic nitrogens is 3. The van der Waals surface area contributed by atoms with Crippen LogP contribution in [0.25, 0.3) is 16.8 Å². The van der Waals surface area contributed by atoms with Crippen molar-refractivity contribution >= 4 is 21.6 Å². The minimum atomic E-state index is -4.15. The van der Waals surface area contributed by atoms with E-state index in [0.29, 0.717) is 17.1 Å². The lowest BCUT2D eigenvalue weighted by molar-refractivity contribution is -0.119. The quantitative estimate of drug-likeness (QED) is 0.593. The summed E-state index contributed by atoms with van der Waals surface area (Å²) in [4.78, 5) is 15.4. The number of benzene rings is 1. The largest absolute Gasteiger partial charge is 0.474 e. The van der Waals surface area contributed by atoms with E-state index >= 15 is 0 Å². The molecule has 11 heteroatoms. The van der Waals surface area contributed by atoms with E-state index in [1.807, 2.05) is 4.72 Å². The minimum Gasteiger partial charge on any atom is -0.474 e. The van der Waals surface area contributed by atoms with Gasteiger partial charge in [-0.15, -0.1) is 0 Å². The van der Waals surface area contributed by atoms with Gasteiger partial charge in [0.05, 0.1) is 11.1 Å². The molecule has 2 N–H and O–H groups in total. The average Bonchev–Trinajstić information content (AvgIpc) is 3.19. The first-order valence-corrected chi connectivity index (χ1v) is 11.4. The zero-order valence-electron chi connectivity index (χ0n) is 16.8. The van der Waals surface area contributed by atoms with Crippen LogP contribution in [0, 0.1) is 5.82 Å². The molecule has 164 valence electrons. The van der Waals surface area contributed by atoms with Crippen LogP contribution >= 0.6 is 0 Å². The number of rotatable bonds is 6. The number of amides is 1. The number of carbonyl (C=O) groups excluding carboxylic acids is 1. The maximum atomic E-state index is 14.9. The monoisotopic (exact) mass is 447 g/mol. The van der Waals surface area contributed by atoms with Gasteiger partial charge in [0.15, 0.2) is 5.65 Å². The summed E-state index contributed by atoms with van der Waals surface area (Å²) in [5, 5.41) is 7.57. The summed E-state index contributed by atoms with van der Waals surface area (Å²) in [6.45, 7) is 3.28. The fourth-order valence-electron chi connectivity index (χ4n) is 3.40. The van der Waals surface area contributed by atoms with Gasteiger partial charge in [-0.25, -0.2) is 22.5 Å². The van der Waals surface area contributed by atoms with Gasteiger partial charge in [-0.2, -0.15) is 9.61 Å². The number of nitrogens with one attached hydrogen (secondary N) is 2. The third kappa shape index (κ3) is 4.37. The Labute approximate surface area is 178 Å². The molecule has 3 aromatic rings. The lowest BCUT2D eigenvalue weighted by atomic mass is 10.1. The number of nitrogens with zero attached hydrogens (tertiary/aromatic N) is 3. The van der Waals surface area contributed by atoms with Gasteiger partial charge in [-0.1, -0.05) is 6.92 Å². The van der Waals surface area contributed by atoms with Gasteiger partial charge in [0.1, 0.15) is 11.9 Å². The van der Waals surface area contributed by atoms with E-state index in [2.05, 4.69) is 15.4 Å². The Hall–Kier alpha value is -3.05. The molecule has 0 atom stereocenters. The fraction of sp³-hybridized carbons (Fsp3) is 0.350. The molecule has 9 nitrogen and oxygen atoms in total. The number of halogens is 1. The molecular formula is C20H22FN5O4S. The van der Waals surface area contributed by atoms with Crippen LogP contribution in [0.15, 0.2) is 41.6 Å². The van der Waals surface area contributed by atoms with Crippen molar-refractivity contribution in [3.63, 3.8) is 0 Å². The molecule has 1 fully saturated rings. The van der Waals surface area contributed by atoms with Gasteiger partial charge in [-0.05, 0) is 44.1 Å². The first-order chi connectivity index (χ1) is 14.9. The Kier molecular flexibility index (Phi) is 5.88. The predicted molar refractivity (Wildman–Crippen MR) is 111 cm³/mol. The van der Waals surface area contributed by atoms with Gasteiger partial charge in [0.25, 0.3) is 10.0 Å². The molecule has 0 spiro atoms. The van der Waals surface area contributed by atoms with Crippen molar-refractivity contribution in [3.8, 4) is 17.0 Å². The van der Waals surface area contributed by atoms with Gasteiger partial charge in [-0.3, -0.25) is 4.79 Å². The number of piperidine rings is 1. The Morgan fingerprint density at radius 1 is 1.29 bits per heavy atom. The smallest absolute Gasteiger partial charge is 0.264 e. The molecule has 0 radical (unpaired) electrons. The maximum Gasteiger partial charge on any atom is 0.264 e. The van der Waals surface area contributed by atoms with Crippen molar-refractivity contribution in [1.29, 1.82) is 0 Å². The highest BCUT2D eigenvalue weighted by atomic mass is 32.2. The van der Waals surface area contributed by atoms with Gasteiger partial charge in [0.2, 0.25) is 11.8 Å². The Morgan fingerprint density at radius 2 is 2.06 bits per heavy atom. The molecule has 0 saturated carbocycles. The number of hydrogen-bond donors (Lipinski definition) is 2. The van der Waals surface area contributed by atoms with Crippen LogP contribution < -0.4 is 14.8 Å². The second-order valence-electron chi connectivity index (χ2n) is 7.17. The van der Waals surface area contributed by atoms with Crippen LogP contribution in [0.1, 0.15) is 26.2 Å². The van der Waals surface area contributed by atoms with E-state index < -0.39 is 21.7 Å². The second-order valence-corrected chi connectivity index (χ2v) is 8.85. The van der Waals surface area contributed by atoms with E-state index in [-0.39, 0.29) is 23.0 Å². The zero-order valence-corrected chi connectivity index (χ0v) is 17.7. The average molecular weight is 447 g/mol. The molecule has 1 aliphatic rings. The van der Waals surface area contributed by atoms with Crippen LogP contribution in [0.4, 0.5) is 4.39 Å². The highest BCUT2D eigenvalue weighted by molar-refractivity contribution is 7.90.